The second kappa shape index (κ2) is 41.1. The third-order valence-electron chi connectivity index (χ3n) is 21.7. The Morgan fingerprint density at radius 3 is 0.978 bits per heavy atom. The Morgan fingerprint density at radius 1 is 0.265 bits per heavy atom. The minimum absolute atomic E-state index is 0. The van der Waals surface area contributed by atoms with Crippen LogP contribution in [0.3, 0.4) is 0 Å². The van der Waals surface area contributed by atoms with E-state index in [9.17, 15) is 8.78 Å². The van der Waals surface area contributed by atoms with Crippen molar-refractivity contribution in [2.45, 2.75) is 16.5 Å². The minimum atomic E-state index is -0.449. The van der Waals surface area contributed by atoms with Crippen molar-refractivity contribution in [3.8, 4) is 58.3 Å². The van der Waals surface area contributed by atoms with Gasteiger partial charge in [-0.05, 0) is 73.1 Å². The fourth-order valence-electron chi connectivity index (χ4n) is 15.6. The van der Waals surface area contributed by atoms with E-state index in [1.54, 1.807) is 107 Å². The molecule has 25 rings (SSSR count). The second-order valence-corrected chi connectivity index (χ2v) is 31.1. The minimum Gasteiger partial charge on any atom is -0.429 e. The molecule has 29 heteroatoms. The standard InChI is InChI=1S/C32H21N5.C26H14F2N4O.C25H16N6.C24H14N6S.4Pt/c1-2-12-26(13-3-1)37(31-18-8-16-29(33-31)35-22-20-24-10-4-6-14-27(24)35)32-19-9-17-30(34-32)36-23-21-25-11-5-7-15-28(25)36;27-19-15-31(21-9-3-1-7-17(19)21)23-11-5-13-25(29-23)33-26-14-6-12-24(30-26)32-16-20(28)18-8-2-4-10-22(18)32;1-7-20(28-22(9-1)30-15-11-18-5-3-13-26-24(18)30)17-21-8-2-10-23(29-21)31-16-12-19-6-4-14-27-25(19)31;1-7-19(29-15-11-17-5-3-13-25-23(17)29)27-21(9-1)31-22-10-2-8-20(28-22)30-16-12-18-6-4-14-26-24(18)30;;;;/h1-21H;1-14H;1-14H,17H2;1-14H;;;;/q4*-2;4*+2. The van der Waals surface area contributed by atoms with Crippen LogP contribution in [-0.2, 0) is 90.7 Å². The first-order valence-electron chi connectivity index (χ1n) is 41.9. The van der Waals surface area contributed by atoms with Gasteiger partial charge in [0, 0.05) is 70.9 Å². The van der Waals surface area contributed by atoms with Crippen molar-refractivity contribution in [1.82, 2.24) is 96.3 Å². The molecule has 5 aromatic carbocycles. The largest absolute Gasteiger partial charge is 2.00 e. The molecule has 22 nitrogen and oxygen atoms in total. The molecule has 20 aromatic heterocycles. The van der Waals surface area contributed by atoms with Gasteiger partial charge in [-0.15, -0.1) is 95.7 Å². The maximum atomic E-state index is 14.3. The Hall–Kier alpha value is -15.2. The van der Waals surface area contributed by atoms with Crippen LogP contribution in [0.2, 0.25) is 0 Å². The van der Waals surface area contributed by atoms with Crippen molar-refractivity contribution in [2.24, 2.45) is 0 Å². The van der Waals surface area contributed by atoms with E-state index >= 15 is 0 Å². The zero-order valence-corrected chi connectivity index (χ0v) is 80.7. The number of ether oxygens (including phenoxy) is 1. The molecule has 0 unspecified atom stereocenters. The zero-order chi connectivity index (χ0) is 88.2. The smallest absolute Gasteiger partial charge is 0.429 e. The van der Waals surface area contributed by atoms with Crippen LogP contribution < -0.4 is 9.64 Å². The molecule has 0 aliphatic carbocycles. The Labute approximate surface area is 838 Å². The van der Waals surface area contributed by atoms with Gasteiger partial charge >= 0.3 is 84.3 Å². The molecule has 0 aliphatic rings. The predicted molar refractivity (Wildman–Crippen MR) is 506 cm³/mol. The zero-order valence-electron chi connectivity index (χ0n) is 70.8. The van der Waals surface area contributed by atoms with Crippen molar-refractivity contribution in [3.05, 3.63) is 455 Å². The maximum Gasteiger partial charge on any atom is 2.00 e. The molecule has 0 amide bonds. The first kappa shape index (κ1) is 91.3. The van der Waals surface area contributed by atoms with E-state index in [2.05, 4.69) is 121 Å². The number of benzene rings is 5. The molecule has 664 valence electrons. The van der Waals surface area contributed by atoms with Crippen molar-refractivity contribution in [2.75, 3.05) is 4.90 Å². The van der Waals surface area contributed by atoms with Crippen molar-refractivity contribution >= 4 is 117 Å². The first-order chi connectivity index (χ1) is 65.2. The van der Waals surface area contributed by atoms with E-state index in [0.29, 0.717) is 39.9 Å². The Kier molecular flexibility index (Phi) is 27.6. The third kappa shape index (κ3) is 19.0. The summed E-state index contributed by atoms with van der Waals surface area (Å²) in [4.78, 5) is 58.3. The monoisotopic (exact) mass is 2510 g/mol. The number of para-hydroxylation sites is 5. The molecular weight excluding hydrogens is 2450 g/mol. The van der Waals surface area contributed by atoms with Crippen LogP contribution in [0.5, 0.6) is 11.8 Å². The number of halogens is 2. The van der Waals surface area contributed by atoms with Gasteiger partial charge < -0.3 is 41.3 Å². The van der Waals surface area contributed by atoms with Gasteiger partial charge in [-0.25, -0.2) is 18.7 Å². The van der Waals surface area contributed by atoms with E-state index in [1.807, 2.05) is 276 Å². The summed E-state index contributed by atoms with van der Waals surface area (Å²) in [5.41, 5.74) is 9.60. The van der Waals surface area contributed by atoms with Crippen LogP contribution >= 0.6 is 11.8 Å². The van der Waals surface area contributed by atoms with E-state index < -0.39 is 11.6 Å². The summed E-state index contributed by atoms with van der Waals surface area (Å²) >= 11 is 1.50. The summed E-state index contributed by atoms with van der Waals surface area (Å²) in [6, 6.07) is 114. The van der Waals surface area contributed by atoms with Crippen LogP contribution in [0, 0.1) is 61.2 Å². The number of hydrogen-bond donors (Lipinski definition) is 0. The molecule has 0 aliphatic heterocycles. The predicted octanol–water partition coefficient (Wildman–Crippen LogP) is 22.7. The Balaban J connectivity index is 0.000000120. The molecule has 0 bridgehead atoms. The van der Waals surface area contributed by atoms with Gasteiger partial charge in [0.25, 0.3) is 0 Å². The van der Waals surface area contributed by atoms with Crippen LogP contribution in [0.25, 0.3) is 134 Å². The molecule has 0 fully saturated rings. The average Bonchev–Trinajstić information content (AvgIpc) is 1.45. The summed E-state index contributed by atoms with van der Waals surface area (Å²) in [5, 5.41) is 8.98. The van der Waals surface area contributed by atoms with Crippen molar-refractivity contribution in [1.29, 1.82) is 0 Å². The summed E-state index contributed by atoms with van der Waals surface area (Å²) < 4.78 is 49.0. The number of hydrogen-bond acceptors (Lipinski definition) is 15. The Bertz CT molecular complexity index is 7850. The molecule has 0 spiro atoms. The number of aromatic nitrogens is 20. The number of fused-ring (bicyclic) bond motifs is 8. The maximum absolute atomic E-state index is 14.3. The van der Waals surface area contributed by atoms with Gasteiger partial charge in [-0.3, -0.25) is 54.7 Å². The molecule has 25 aromatic rings. The van der Waals surface area contributed by atoms with Crippen LogP contribution in [0.1, 0.15) is 11.4 Å². The molecule has 0 radical (unpaired) electrons. The van der Waals surface area contributed by atoms with Gasteiger partial charge in [0.1, 0.15) is 11.6 Å². The van der Waals surface area contributed by atoms with Crippen molar-refractivity contribution < 1.29 is 97.8 Å². The number of anilines is 3. The van der Waals surface area contributed by atoms with Gasteiger partial charge in [-0.1, -0.05) is 316 Å². The molecule has 136 heavy (non-hydrogen) atoms. The van der Waals surface area contributed by atoms with Crippen LogP contribution in [-0.4, -0.2) is 96.3 Å². The van der Waals surface area contributed by atoms with Gasteiger partial charge in [0.05, 0.1) is 68.2 Å². The van der Waals surface area contributed by atoms with E-state index in [-0.39, 0.29) is 96.0 Å². The second-order valence-electron chi connectivity index (χ2n) is 30.1. The van der Waals surface area contributed by atoms with E-state index in [0.717, 1.165) is 140 Å². The van der Waals surface area contributed by atoms with Gasteiger partial charge in [0.2, 0.25) is 11.8 Å². The molecule has 0 atom stereocenters. The molecule has 0 saturated carbocycles. The van der Waals surface area contributed by atoms with Crippen molar-refractivity contribution in [3.63, 3.8) is 0 Å². The molecular formula is C107H65F2N21OPt4S. The topological polar surface area (TPSA) is 207 Å². The summed E-state index contributed by atoms with van der Waals surface area (Å²) in [6.45, 7) is 0. The van der Waals surface area contributed by atoms with E-state index in [4.69, 9.17) is 34.6 Å². The first-order valence-corrected chi connectivity index (χ1v) is 42.7. The van der Waals surface area contributed by atoms with Gasteiger partial charge in [-0.2, -0.15) is 0 Å². The van der Waals surface area contributed by atoms with Gasteiger partial charge in [0.15, 0.2) is 0 Å². The summed E-state index contributed by atoms with van der Waals surface area (Å²) in [5.74, 6) is 6.78. The summed E-state index contributed by atoms with van der Waals surface area (Å²) in [7, 11) is 0. The fraction of sp³-hybridized carbons (Fsp3) is 0.00935. The average molecular weight is 2510 g/mol. The quantitative estimate of drug-likeness (QED) is 0.0777. The third-order valence-corrected chi connectivity index (χ3v) is 22.6. The molecule has 0 saturated heterocycles. The Morgan fingerprint density at radius 2 is 0.574 bits per heavy atom. The summed E-state index contributed by atoms with van der Waals surface area (Å²) in [6.07, 6.45) is 32.6. The normalized spacial score (nSPS) is 11.0. The number of pyridine rings is 12. The molecule has 0 N–H and O–H groups in total. The fourth-order valence-corrected chi connectivity index (χ4v) is 16.4. The van der Waals surface area contributed by atoms with Crippen LogP contribution in [0.4, 0.5) is 26.1 Å². The van der Waals surface area contributed by atoms with E-state index in [1.165, 1.54) is 11.8 Å². The molecule has 20 heterocycles. The number of rotatable bonds is 17. The SMILES string of the molecule is Fc1[c-]n(-c2cccc(Oc3cccc(-n4[c-]c(F)c5ccccc54)n3)n2)c2ccccc12.[Pt+2].[Pt+2].[Pt+2].[Pt+2].[c-]1cc2ccccc2n1-c1cccc(N(c2ccccc2)c2cccc(-n3[c-]cc4ccccc43)n2)n1.[c-]1cc2cccnc2n1-c1cccc(Cc2cccc(-n3[c-]cc4cccnc43)n2)n1.[c-]1cc2cccnc2n1-c1cccc(Sc2cccc(-n3[c-]cc4cccnc43)n2)n1. The van der Waals surface area contributed by atoms with Crippen LogP contribution in [0.15, 0.2) is 393 Å². The number of nitrogens with zero attached hydrogens (tertiary/aromatic N) is 21.